The topological polar surface area (TPSA) is 110 Å². The normalized spacial score (nSPS) is 11.4. The summed E-state index contributed by atoms with van der Waals surface area (Å²) in [6, 6.07) is 6.46. The van der Waals surface area contributed by atoms with Crippen LogP contribution in [0.2, 0.25) is 0 Å². The Morgan fingerprint density at radius 2 is 1.55 bits per heavy atom. The third-order valence-electron chi connectivity index (χ3n) is 2.82. The van der Waals surface area contributed by atoms with Gasteiger partial charge in [-0.2, -0.15) is 0 Å². The van der Waals surface area contributed by atoms with Crippen molar-refractivity contribution in [3.05, 3.63) is 29.8 Å². The summed E-state index contributed by atoms with van der Waals surface area (Å²) in [5, 5.41) is 43.8. The van der Waals surface area contributed by atoms with Gasteiger partial charge in [-0.25, -0.2) is 0 Å². The molecule has 0 radical (unpaired) electrons. The van der Waals surface area contributed by atoms with E-state index in [1.54, 1.807) is 45.9 Å². The van der Waals surface area contributed by atoms with Crippen molar-refractivity contribution >= 4 is 7.32 Å². The quantitative estimate of drug-likeness (QED) is 0.500. The van der Waals surface area contributed by atoms with Gasteiger partial charge in [-0.1, -0.05) is 12.1 Å². The lowest BCUT2D eigenvalue weighted by molar-refractivity contribution is -0.107. The average molecular weight is 286 g/mol. The fourth-order valence-corrected chi connectivity index (χ4v) is 0.839. The van der Waals surface area contributed by atoms with Crippen LogP contribution in [0.4, 0.5) is 0 Å². The Balaban J connectivity index is 0.000000396. The first-order valence-corrected chi connectivity index (χ1v) is 6.14. The van der Waals surface area contributed by atoms with Crippen molar-refractivity contribution in [2.75, 3.05) is 0 Å². The SMILES string of the molecule is CC(C)(O)C(C)(C)O.OCc1cccc(OB(O)O)c1. The minimum Gasteiger partial charge on any atom is -0.512 e. The Hall–Kier alpha value is -1.12. The molecule has 0 fully saturated rings. The minimum absolute atomic E-state index is 0.0985. The molecule has 7 heteroatoms. The van der Waals surface area contributed by atoms with Gasteiger partial charge < -0.3 is 30.0 Å². The highest BCUT2D eigenvalue weighted by molar-refractivity contribution is 6.33. The van der Waals surface area contributed by atoms with E-state index in [1.807, 2.05) is 0 Å². The van der Waals surface area contributed by atoms with Gasteiger partial charge in [-0.15, -0.1) is 0 Å². The summed E-state index contributed by atoms with van der Waals surface area (Å²) in [7, 11) is -1.82. The summed E-state index contributed by atoms with van der Waals surface area (Å²) >= 11 is 0. The van der Waals surface area contributed by atoms with Gasteiger partial charge in [0, 0.05) is 0 Å². The van der Waals surface area contributed by atoms with Crippen LogP contribution in [0.5, 0.6) is 5.75 Å². The monoisotopic (exact) mass is 286 g/mol. The summed E-state index contributed by atoms with van der Waals surface area (Å²) in [5.41, 5.74) is -1.35. The van der Waals surface area contributed by atoms with E-state index in [0.717, 1.165) is 0 Å². The maximum atomic E-state index is 9.10. The van der Waals surface area contributed by atoms with E-state index < -0.39 is 18.5 Å². The van der Waals surface area contributed by atoms with Crippen molar-refractivity contribution in [3.8, 4) is 5.75 Å². The molecule has 5 N–H and O–H groups in total. The smallest absolute Gasteiger partial charge is 0.512 e. The Morgan fingerprint density at radius 1 is 1.05 bits per heavy atom. The lowest BCUT2D eigenvalue weighted by Gasteiger charge is -2.31. The largest absolute Gasteiger partial charge is 0.707 e. The Kier molecular flexibility index (Phi) is 7.19. The van der Waals surface area contributed by atoms with Gasteiger partial charge in [-0.05, 0) is 45.4 Å². The third kappa shape index (κ3) is 7.47. The molecular formula is C13H23BO6. The van der Waals surface area contributed by atoms with E-state index in [1.165, 1.54) is 6.07 Å². The predicted octanol–water partition coefficient (Wildman–Crippen LogP) is 0.0554. The predicted molar refractivity (Wildman–Crippen MR) is 75.8 cm³/mol. The van der Waals surface area contributed by atoms with Crippen molar-refractivity contribution < 1.29 is 30.0 Å². The van der Waals surface area contributed by atoms with Crippen LogP contribution < -0.4 is 4.65 Å². The molecule has 1 rings (SSSR count). The first-order chi connectivity index (χ1) is 8.97. The van der Waals surface area contributed by atoms with Gasteiger partial charge in [0.25, 0.3) is 0 Å². The summed E-state index contributed by atoms with van der Waals surface area (Å²) < 4.78 is 4.56. The molecule has 0 spiro atoms. The van der Waals surface area contributed by atoms with Gasteiger partial charge in [0.05, 0.1) is 17.8 Å². The molecule has 0 saturated carbocycles. The van der Waals surface area contributed by atoms with Gasteiger partial charge in [0.1, 0.15) is 5.75 Å². The lowest BCUT2D eigenvalue weighted by Crippen LogP contribution is -2.44. The molecule has 0 heterocycles. The molecule has 114 valence electrons. The van der Waals surface area contributed by atoms with E-state index in [2.05, 4.69) is 4.65 Å². The molecule has 0 aliphatic carbocycles. The number of aliphatic hydroxyl groups is 3. The average Bonchev–Trinajstić information content (AvgIpc) is 2.26. The molecule has 0 aromatic heterocycles. The molecule has 0 unspecified atom stereocenters. The summed E-state index contributed by atoms with van der Waals surface area (Å²) in [6.07, 6.45) is 0. The standard InChI is InChI=1S/C7H9BO4.C6H14O2/c9-5-6-2-1-3-7(4-6)12-8(10)11;1-5(2,7)6(3,4)8/h1-4,9-11H,5H2;7-8H,1-4H3. The van der Waals surface area contributed by atoms with Crippen molar-refractivity contribution in [2.24, 2.45) is 0 Å². The number of hydrogen-bond donors (Lipinski definition) is 5. The van der Waals surface area contributed by atoms with Gasteiger partial charge in [0.2, 0.25) is 0 Å². The van der Waals surface area contributed by atoms with E-state index in [-0.39, 0.29) is 6.61 Å². The molecule has 0 bridgehead atoms. The molecule has 0 aliphatic heterocycles. The second-order valence-corrected chi connectivity index (χ2v) is 5.37. The zero-order valence-electron chi connectivity index (χ0n) is 12.2. The molecule has 0 aliphatic rings. The van der Waals surface area contributed by atoms with Crippen LogP contribution in [0.25, 0.3) is 0 Å². The summed E-state index contributed by atoms with van der Waals surface area (Å²) in [6.45, 7) is 6.21. The van der Waals surface area contributed by atoms with E-state index in [9.17, 15) is 0 Å². The zero-order chi connectivity index (χ0) is 16.0. The summed E-state index contributed by atoms with van der Waals surface area (Å²) in [5.74, 6) is 0.316. The van der Waals surface area contributed by atoms with E-state index >= 15 is 0 Å². The van der Waals surface area contributed by atoms with Crippen LogP contribution >= 0.6 is 0 Å². The Labute approximate surface area is 119 Å². The fourth-order valence-electron chi connectivity index (χ4n) is 0.839. The molecule has 1 aromatic carbocycles. The summed E-state index contributed by atoms with van der Waals surface area (Å²) in [4.78, 5) is 0. The van der Waals surface area contributed by atoms with Crippen LogP contribution in [0.1, 0.15) is 33.3 Å². The van der Waals surface area contributed by atoms with Crippen LogP contribution in [0.3, 0.4) is 0 Å². The molecular weight excluding hydrogens is 263 g/mol. The second-order valence-electron chi connectivity index (χ2n) is 5.37. The fraction of sp³-hybridized carbons (Fsp3) is 0.538. The Morgan fingerprint density at radius 3 is 1.90 bits per heavy atom. The van der Waals surface area contributed by atoms with Crippen molar-refractivity contribution in [1.82, 2.24) is 0 Å². The highest BCUT2D eigenvalue weighted by Crippen LogP contribution is 2.19. The minimum atomic E-state index is -1.82. The van der Waals surface area contributed by atoms with Crippen LogP contribution in [0.15, 0.2) is 24.3 Å². The molecule has 0 saturated heterocycles. The maximum absolute atomic E-state index is 9.10. The number of benzene rings is 1. The third-order valence-corrected chi connectivity index (χ3v) is 2.82. The molecule has 6 nitrogen and oxygen atoms in total. The first kappa shape index (κ1) is 18.9. The molecule has 20 heavy (non-hydrogen) atoms. The van der Waals surface area contributed by atoms with Gasteiger partial charge >= 0.3 is 7.32 Å². The van der Waals surface area contributed by atoms with Gasteiger partial charge in [-0.3, -0.25) is 0 Å². The molecule has 0 atom stereocenters. The number of aliphatic hydroxyl groups excluding tert-OH is 1. The second kappa shape index (κ2) is 7.61. The van der Waals surface area contributed by atoms with E-state index in [4.69, 9.17) is 25.4 Å². The zero-order valence-corrected chi connectivity index (χ0v) is 12.2. The number of hydrogen-bond acceptors (Lipinski definition) is 6. The highest BCUT2D eigenvalue weighted by Gasteiger charge is 2.31. The number of rotatable bonds is 4. The van der Waals surface area contributed by atoms with E-state index in [0.29, 0.717) is 11.3 Å². The Bertz CT molecular complexity index is 383. The highest BCUT2D eigenvalue weighted by atomic mass is 16.6. The van der Waals surface area contributed by atoms with Crippen molar-refractivity contribution in [3.63, 3.8) is 0 Å². The first-order valence-electron chi connectivity index (χ1n) is 6.14. The van der Waals surface area contributed by atoms with Crippen LogP contribution in [-0.2, 0) is 6.61 Å². The van der Waals surface area contributed by atoms with Gasteiger partial charge in [0.15, 0.2) is 0 Å². The molecule has 0 amide bonds. The molecule has 1 aromatic rings. The van der Waals surface area contributed by atoms with Crippen LogP contribution in [-0.4, -0.2) is 43.9 Å². The van der Waals surface area contributed by atoms with Crippen molar-refractivity contribution in [2.45, 2.75) is 45.5 Å². The van der Waals surface area contributed by atoms with Crippen LogP contribution in [0, 0.1) is 0 Å². The van der Waals surface area contributed by atoms with Crippen molar-refractivity contribution in [1.29, 1.82) is 0 Å². The maximum Gasteiger partial charge on any atom is 0.707 e. The lowest BCUT2D eigenvalue weighted by atomic mass is 9.90.